The van der Waals surface area contributed by atoms with Crippen molar-refractivity contribution in [3.63, 3.8) is 0 Å². The summed E-state index contributed by atoms with van der Waals surface area (Å²) in [4.78, 5) is 12.3. The molecule has 0 atom stereocenters. The lowest BCUT2D eigenvalue weighted by Crippen LogP contribution is -1.98. The fourth-order valence-corrected chi connectivity index (χ4v) is 2.37. The van der Waals surface area contributed by atoms with Gasteiger partial charge in [-0.05, 0) is 54.8 Å². The van der Waals surface area contributed by atoms with Crippen LogP contribution in [0.2, 0.25) is 5.02 Å². The molecule has 0 amide bonds. The first-order chi connectivity index (χ1) is 9.56. The van der Waals surface area contributed by atoms with Crippen molar-refractivity contribution in [2.45, 2.75) is 13.8 Å². The van der Waals surface area contributed by atoms with E-state index in [4.69, 9.17) is 16.3 Å². The number of carbonyl (C=O) groups is 1. The highest BCUT2D eigenvalue weighted by Gasteiger charge is 2.28. The molecule has 1 heterocycles. The zero-order valence-corrected chi connectivity index (χ0v) is 12.0. The molecule has 3 heteroatoms. The number of fused-ring (bicyclic) bond motifs is 1. The van der Waals surface area contributed by atoms with Crippen LogP contribution in [0.25, 0.3) is 6.08 Å². The van der Waals surface area contributed by atoms with E-state index in [1.807, 2.05) is 44.2 Å². The van der Waals surface area contributed by atoms with Crippen LogP contribution in [0.15, 0.2) is 42.2 Å². The number of ketones is 1. The molecule has 100 valence electrons. The van der Waals surface area contributed by atoms with Gasteiger partial charge in [0.15, 0.2) is 5.76 Å². The summed E-state index contributed by atoms with van der Waals surface area (Å²) in [5, 5.41) is 0.597. The van der Waals surface area contributed by atoms with Gasteiger partial charge in [-0.3, -0.25) is 4.79 Å². The zero-order chi connectivity index (χ0) is 14.3. The average molecular weight is 285 g/mol. The molecule has 0 fully saturated rings. The van der Waals surface area contributed by atoms with Gasteiger partial charge in [-0.15, -0.1) is 0 Å². The molecule has 3 rings (SSSR count). The zero-order valence-electron chi connectivity index (χ0n) is 11.2. The number of carbonyl (C=O) groups excluding carboxylic acids is 1. The molecule has 1 aliphatic heterocycles. The molecule has 2 aromatic rings. The molecular weight excluding hydrogens is 272 g/mol. The van der Waals surface area contributed by atoms with Gasteiger partial charge >= 0.3 is 0 Å². The number of ether oxygens (including phenoxy) is 1. The van der Waals surface area contributed by atoms with Gasteiger partial charge in [-0.1, -0.05) is 29.8 Å². The summed E-state index contributed by atoms with van der Waals surface area (Å²) >= 11 is 6.10. The molecule has 0 N–H and O–H groups in total. The van der Waals surface area contributed by atoms with Crippen molar-refractivity contribution in [2.75, 3.05) is 0 Å². The van der Waals surface area contributed by atoms with Crippen LogP contribution in [0.4, 0.5) is 0 Å². The molecule has 0 aliphatic carbocycles. The molecule has 0 aromatic heterocycles. The lowest BCUT2D eigenvalue weighted by molar-refractivity contribution is 0.101. The lowest BCUT2D eigenvalue weighted by Gasteiger charge is -2.02. The van der Waals surface area contributed by atoms with Gasteiger partial charge in [0.25, 0.3) is 0 Å². The predicted molar refractivity (Wildman–Crippen MR) is 80.3 cm³/mol. The Labute approximate surface area is 122 Å². The minimum atomic E-state index is -0.0944. The third-order valence-corrected chi connectivity index (χ3v) is 3.82. The van der Waals surface area contributed by atoms with Crippen LogP contribution in [0.1, 0.15) is 27.0 Å². The van der Waals surface area contributed by atoms with Crippen LogP contribution < -0.4 is 4.74 Å². The molecule has 2 nitrogen and oxygen atoms in total. The largest absolute Gasteiger partial charge is 0.452 e. The van der Waals surface area contributed by atoms with E-state index in [-0.39, 0.29) is 5.78 Å². The quantitative estimate of drug-likeness (QED) is 0.717. The van der Waals surface area contributed by atoms with Crippen LogP contribution in [0.3, 0.4) is 0 Å². The van der Waals surface area contributed by atoms with Gasteiger partial charge in [0.1, 0.15) is 5.75 Å². The number of halogens is 1. The highest BCUT2D eigenvalue weighted by Crippen LogP contribution is 2.34. The van der Waals surface area contributed by atoms with Crippen molar-refractivity contribution in [1.29, 1.82) is 0 Å². The van der Waals surface area contributed by atoms with Crippen molar-refractivity contribution in [3.05, 3.63) is 69.4 Å². The summed E-state index contributed by atoms with van der Waals surface area (Å²) in [6.07, 6.45) is 1.69. The van der Waals surface area contributed by atoms with E-state index in [9.17, 15) is 4.79 Å². The Morgan fingerprint density at radius 2 is 1.80 bits per heavy atom. The van der Waals surface area contributed by atoms with Gasteiger partial charge in [-0.25, -0.2) is 0 Å². The molecular formula is C17H13ClO2. The van der Waals surface area contributed by atoms with Gasteiger partial charge in [0.05, 0.1) is 5.56 Å². The first kappa shape index (κ1) is 12.9. The minimum Gasteiger partial charge on any atom is -0.452 e. The van der Waals surface area contributed by atoms with E-state index in [0.29, 0.717) is 22.1 Å². The number of Topliss-reactive ketones (excluding diaryl/α,β-unsaturated/α-hetero) is 1. The van der Waals surface area contributed by atoms with Gasteiger partial charge in [0, 0.05) is 5.02 Å². The molecule has 0 spiro atoms. The van der Waals surface area contributed by atoms with E-state index in [1.54, 1.807) is 12.1 Å². The monoisotopic (exact) mass is 284 g/mol. The van der Waals surface area contributed by atoms with Crippen molar-refractivity contribution >= 4 is 23.5 Å². The average Bonchev–Trinajstić information content (AvgIpc) is 2.70. The fourth-order valence-electron chi connectivity index (χ4n) is 2.18. The van der Waals surface area contributed by atoms with Crippen molar-refractivity contribution < 1.29 is 9.53 Å². The van der Waals surface area contributed by atoms with Crippen molar-refractivity contribution in [1.82, 2.24) is 0 Å². The van der Waals surface area contributed by atoms with Crippen LogP contribution in [0, 0.1) is 13.8 Å². The Morgan fingerprint density at radius 1 is 1.10 bits per heavy atom. The van der Waals surface area contributed by atoms with Crippen LogP contribution in [-0.4, -0.2) is 5.78 Å². The normalized spacial score (nSPS) is 15.3. The maximum absolute atomic E-state index is 12.3. The molecule has 0 unspecified atom stereocenters. The Balaban J connectivity index is 2.04. The van der Waals surface area contributed by atoms with Gasteiger partial charge in [0.2, 0.25) is 5.78 Å². The number of aryl methyl sites for hydroxylation is 2. The maximum Gasteiger partial charge on any atom is 0.231 e. The summed E-state index contributed by atoms with van der Waals surface area (Å²) in [6.45, 7) is 3.98. The number of benzene rings is 2. The third kappa shape index (κ3) is 2.12. The van der Waals surface area contributed by atoms with Crippen LogP contribution in [-0.2, 0) is 0 Å². The minimum absolute atomic E-state index is 0.0944. The standard InChI is InChI=1S/C17H13ClO2/c1-10-7-13-15(8-11(10)2)20-16(17(13)19)9-12-5-3-4-6-14(12)18/h3-9H,1-2H3/b16-9-. The van der Waals surface area contributed by atoms with Crippen LogP contribution in [0.5, 0.6) is 5.75 Å². The second kappa shape index (κ2) is 4.80. The van der Waals surface area contributed by atoms with E-state index >= 15 is 0 Å². The molecule has 2 aromatic carbocycles. The molecule has 0 saturated carbocycles. The van der Waals surface area contributed by atoms with E-state index < -0.39 is 0 Å². The smallest absolute Gasteiger partial charge is 0.231 e. The summed E-state index contributed by atoms with van der Waals surface area (Å²) in [5.74, 6) is 0.845. The molecule has 0 radical (unpaired) electrons. The summed E-state index contributed by atoms with van der Waals surface area (Å²) in [5.41, 5.74) is 3.58. The SMILES string of the molecule is Cc1cc2c(cc1C)C(=O)/C(=C/c1ccccc1Cl)O2. The topological polar surface area (TPSA) is 26.3 Å². The van der Waals surface area contributed by atoms with Crippen molar-refractivity contribution in [3.8, 4) is 5.75 Å². The highest BCUT2D eigenvalue weighted by molar-refractivity contribution is 6.32. The summed E-state index contributed by atoms with van der Waals surface area (Å²) in [7, 11) is 0. The molecule has 20 heavy (non-hydrogen) atoms. The Hall–Kier alpha value is -2.06. The lowest BCUT2D eigenvalue weighted by atomic mass is 10.0. The fraction of sp³-hybridized carbons (Fsp3) is 0.118. The Morgan fingerprint density at radius 3 is 2.55 bits per heavy atom. The second-order valence-electron chi connectivity index (χ2n) is 4.89. The summed E-state index contributed by atoms with van der Waals surface area (Å²) < 4.78 is 5.67. The summed E-state index contributed by atoms with van der Waals surface area (Å²) in [6, 6.07) is 11.1. The molecule has 0 saturated heterocycles. The highest BCUT2D eigenvalue weighted by atomic mass is 35.5. The first-order valence-corrected chi connectivity index (χ1v) is 6.74. The number of allylic oxidation sites excluding steroid dienone is 1. The Kier molecular flexibility index (Phi) is 3.11. The number of hydrogen-bond donors (Lipinski definition) is 0. The third-order valence-electron chi connectivity index (χ3n) is 3.48. The van der Waals surface area contributed by atoms with E-state index in [1.165, 1.54) is 0 Å². The second-order valence-corrected chi connectivity index (χ2v) is 5.30. The van der Waals surface area contributed by atoms with E-state index in [0.717, 1.165) is 16.7 Å². The number of hydrogen-bond acceptors (Lipinski definition) is 2. The number of rotatable bonds is 1. The van der Waals surface area contributed by atoms with E-state index in [2.05, 4.69) is 0 Å². The predicted octanol–water partition coefficient (Wildman–Crippen LogP) is 4.57. The molecule has 0 bridgehead atoms. The Bertz CT molecular complexity index is 745. The van der Waals surface area contributed by atoms with Crippen molar-refractivity contribution in [2.24, 2.45) is 0 Å². The molecule has 1 aliphatic rings. The maximum atomic E-state index is 12.3. The van der Waals surface area contributed by atoms with Gasteiger partial charge < -0.3 is 4.74 Å². The van der Waals surface area contributed by atoms with Gasteiger partial charge in [-0.2, -0.15) is 0 Å². The first-order valence-electron chi connectivity index (χ1n) is 6.36. The van der Waals surface area contributed by atoms with Crippen LogP contribution >= 0.6 is 11.6 Å².